The third-order valence-corrected chi connectivity index (χ3v) is 3.94. The van der Waals surface area contributed by atoms with Crippen molar-refractivity contribution in [2.75, 3.05) is 26.2 Å². The molecule has 1 aliphatic rings. The summed E-state index contributed by atoms with van der Waals surface area (Å²) in [6, 6.07) is 11.1. The molecule has 0 bridgehead atoms. The van der Waals surface area contributed by atoms with Gasteiger partial charge in [0.1, 0.15) is 0 Å². The van der Waals surface area contributed by atoms with E-state index in [0.29, 0.717) is 12.6 Å². The normalized spacial score (nSPS) is 15.6. The number of aryl methyl sites for hydroxylation is 1. The summed E-state index contributed by atoms with van der Waals surface area (Å²) in [5.41, 5.74) is 6.57. The number of nitrogens with zero attached hydrogens (tertiary/aromatic N) is 1. The van der Waals surface area contributed by atoms with Crippen LogP contribution in [0.15, 0.2) is 30.3 Å². The first-order chi connectivity index (χ1) is 9.74. The zero-order chi connectivity index (χ0) is 14.2. The van der Waals surface area contributed by atoms with E-state index in [0.717, 1.165) is 38.9 Å². The van der Waals surface area contributed by atoms with Crippen molar-refractivity contribution in [3.8, 4) is 0 Å². The second-order valence-corrected chi connectivity index (χ2v) is 5.55. The summed E-state index contributed by atoms with van der Waals surface area (Å²) in [4.78, 5) is 13.3. The number of amides is 1. The van der Waals surface area contributed by atoms with E-state index in [1.165, 1.54) is 12.0 Å². The summed E-state index contributed by atoms with van der Waals surface area (Å²) in [5, 5.41) is 3.22. The number of nitrogens with one attached hydrogen (secondary N) is 1. The Kier molecular flexibility index (Phi) is 11.3. The molecular weight excluding hydrogens is 321 g/mol. The van der Waals surface area contributed by atoms with Crippen molar-refractivity contribution in [3.05, 3.63) is 35.9 Å². The molecule has 0 atom stereocenters. The third kappa shape index (κ3) is 7.99. The van der Waals surface area contributed by atoms with Gasteiger partial charge in [-0.3, -0.25) is 4.79 Å². The van der Waals surface area contributed by atoms with Crippen LogP contribution in [0.25, 0.3) is 0 Å². The van der Waals surface area contributed by atoms with Crippen LogP contribution >= 0.6 is 24.8 Å². The number of nitrogens with two attached hydrogens (primary N) is 1. The highest BCUT2D eigenvalue weighted by atomic mass is 35.5. The fourth-order valence-electron chi connectivity index (χ4n) is 2.76. The number of hydrogen-bond donors (Lipinski definition) is 2. The third-order valence-electron chi connectivity index (χ3n) is 3.94. The molecule has 0 saturated carbocycles. The molecule has 2 rings (SSSR count). The molecule has 1 fully saturated rings. The number of rotatable bonds is 7. The molecule has 6 heteroatoms. The summed E-state index contributed by atoms with van der Waals surface area (Å²) < 4.78 is 0. The molecule has 1 saturated heterocycles. The number of benzene rings is 1. The van der Waals surface area contributed by atoms with Gasteiger partial charge in [0.25, 0.3) is 0 Å². The van der Waals surface area contributed by atoms with E-state index >= 15 is 0 Å². The summed E-state index contributed by atoms with van der Waals surface area (Å²) in [6.07, 6.45) is 4.58. The number of halogens is 2. The van der Waals surface area contributed by atoms with Crippen molar-refractivity contribution in [3.63, 3.8) is 0 Å². The number of likely N-dealkylation sites (tertiary alicyclic amines) is 1. The van der Waals surface area contributed by atoms with Crippen LogP contribution in [0.5, 0.6) is 0 Å². The largest absolute Gasteiger partial charge is 0.369 e. The summed E-state index contributed by atoms with van der Waals surface area (Å²) >= 11 is 0. The van der Waals surface area contributed by atoms with E-state index < -0.39 is 0 Å². The molecular formula is C16H27Cl2N3O. The first kappa shape index (κ1) is 21.2. The number of carbonyl (C=O) groups excluding carboxylic acids is 1. The molecule has 126 valence electrons. The van der Waals surface area contributed by atoms with Crippen LogP contribution in [-0.4, -0.2) is 43.0 Å². The molecule has 0 radical (unpaired) electrons. The van der Waals surface area contributed by atoms with Crippen molar-refractivity contribution in [1.82, 2.24) is 10.2 Å². The molecule has 1 heterocycles. The SMILES string of the molecule is Cl.Cl.NC(=O)CNC1CCN(CCCc2ccccc2)CC1. The van der Waals surface area contributed by atoms with E-state index in [9.17, 15) is 4.79 Å². The van der Waals surface area contributed by atoms with Gasteiger partial charge in [-0.15, -0.1) is 24.8 Å². The molecule has 22 heavy (non-hydrogen) atoms. The summed E-state index contributed by atoms with van der Waals surface area (Å²) in [7, 11) is 0. The zero-order valence-corrected chi connectivity index (χ0v) is 14.5. The lowest BCUT2D eigenvalue weighted by atomic mass is 10.0. The van der Waals surface area contributed by atoms with Crippen LogP contribution in [0.3, 0.4) is 0 Å². The predicted octanol–water partition coefficient (Wildman–Crippen LogP) is 2.00. The average molecular weight is 348 g/mol. The second kappa shape index (κ2) is 11.7. The minimum absolute atomic E-state index is 0. The maximum absolute atomic E-state index is 10.7. The predicted molar refractivity (Wildman–Crippen MR) is 95.9 cm³/mol. The monoisotopic (exact) mass is 347 g/mol. The molecule has 0 aromatic heterocycles. The molecule has 0 unspecified atom stereocenters. The number of hydrogen-bond acceptors (Lipinski definition) is 3. The highest BCUT2D eigenvalue weighted by Gasteiger charge is 2.18. The molecule has 1 aromatic rings. The Labute approximate surface area is 145 Å². The maximum Gasteiger partial charge on any atom is 0.231 e. The molecule has 0 aliphatic carbocycles. The first-order valence-corrected chi connectivity index (χ1v) is 7.52. The van der Waals surface area contributed by atoms with Gasteiger partial charge in [-0.25, -0.2) is 0 Å². The van der Waals surface area contributed by atoms with Crippen molar-refractivity contribution < 1.29 is 4.79 Å². The smallest absolute Gasteiger partial charge is 0.231 e. The second-order valence-electron chi connectivity index (χ2n) is 5.55. The van der Waals surface area contributed by atoms with Crippen LogP contribution in [0.2, 0.25) is 0 Å². The Balaban J connectivity index is 0.00000220. The van der Waals surface area contributed by atoms with E-state index in [-0.39, 0.29) is 30.7 Å². The first-order valence-electron chi connectivity index (χ1n) is 7.52. The molecule has 1 aliphatic heterocycles. The van der Waals surface area contributed by atoms with Crippen molar-refractivity contribution in [2.45, 2.75) is 31.7 Å². The minimum Gasteiger partial charge on any atom is -0.369 e. The Morgan fingerprint density at radius 1 is 1.18 bits per heavy atom. The molecule has 3 N–H and O–H groups in total. The van der Waals surface area contributed by atoms with Gasteiger partial charge in [-0.05, 0) is 50.9 Å². The summed E-state index contributed by atoms with van der Waals surface area (Å²) in [5.74, 6) is -0.268. The van der Waals surface area contributed by atoms with Gasteiger partial charge in [-0.2, -0.15) is 0 Å². The van der Waals surface area contributed by atoms with E-state index in [4.69, 9.17) is 5.73 Å². The van der Waals surface area contributed by atoms with Gasteiger partial charge >= 0.3 is 0 Å². The molecule has 1 aromatic carbocycles. The Morgan fingerprint density at radius 3 is 2.41 bits per heavy atom. The van der Waals surface area contributed by atoms with Gasteiger partial charge < -0.3 is 16.0 Å². The van der Waals surface area contributed by atoms with E-state index in [1.54, 1.807) is 0 Å². The van der Waals surface area contributed by atoms with Gasteiger partial charge in [0, 0.05) is 6.04 Å². The molecule has 1 amide bonds. The average Bonchev–Trinajstić information content (AvgIpc) is 2.47. The van der Waals surface area contributed by atoms with Crippen molar-refractivity contribution in [2.24, 2.45) is 5.73 Å². The van der Waals surface area contributed by atoms with Crippen LogP contribution in [0, 0.1) is 0 Å². The van der Waals surface area contributed by atoms with E-state index in [1.807, 2.05) is 0 Å². The number of piperidine rings is 1. The summed E-state index contributed by atoms with van der Waals surface area (Å²) in [6.45, 7) is 3.70. The minimum atomic E-state index is -0.268. The lowest BCUT2D eigenvalue weighted by molar-refractivity contribution is -0.117. The van der Waals surface area contributed by atoms with E-state index in [2.05, 4.69) is 40.5 Å². The Hall–Kier alpha value is -0.810. The highest BCUT2D eigenvalue weighted by Crippen LogP contribution is 2.11. The van der Waals surface area contributed by atoms with Crippen LogP contribution in [-0.2, 0) is 11.2 Å². The van der Waals surface area contributed by atoms with Crippen molar-refractivity contribution in [1.29, 1.82) is 0 Å². The standard InChI is InChI=1S/C16H25N3O.2ClH/c17-16(20)13-18-15-8-11-19(12-9-15)10-4-7-14-5-2-1-3-6-14;;/h1-3,5-6,15,18H,4,7-13H2,(H2,17,20);2*1H. The lowest BCUT2D eigenvalue weighted by Crippen LogP contribution is -2.45. The Morgan fingerprint density at radius 2 is 1.82 bits per heavy atom. The van der Waals surface area contributed by atoms with Gasteiger partial charge in [-0.1, -0.05) is 30.3 Å². The zero-order valence-electron chi connectivity index (χ0n) is 12.9. The molecule has 4 nitrogen and oxygen atoms in total. The number of carbonyl (C=O) groups is 1. The maximum atomic E-state index is 10.7. The van der Waals surface area contributed by atoms with Gasteiger partial charge in [0.05, 0.1) is 6.54 Å². The van der Waals surface area contributed by atoms with Crippen LogP contribution in [0.1, 0.15) is 24.8 Å². The van der Waals surface area contributed by atoms with Gasteiger partial charge in [0.15, 0.2) is 0 Å². The van der Waals surface area contributed by atoms with Crippen LogP contribution in [0.4, 0.5) is 0 Å². The lowest BCUT2D eigenvalue weighted by Gasteiger charge is -2.32. The fourth-order valence-corrected chi connectivity index (χ4v) is 2.76. The van der Waals surface area contributed by atoms with Crippen molar-refractivity contribution >= 4 is 30.7 Å². The highest BCUT2D eigenvalue weighted by molar-refractivity contribution is 5.85. The number of primary amides is 1. The van der Waals surface area contributed by atoms with Crippen LogP contribution < -0.4 is 11.1 Å². The fraction of sp³-hybridized carbons (Fsp3) is 0.562. The quantitative estimate of drug-likeness (QED) is 0.792. The molecule has 0 spiro atoms. The topological polar surface area (TPSA) is 58.4 Å². The Bertz CT molecular complexity index is 409. The van der Waals surface area contributed by atoms with Gasteiger partial charge in [0.2, 0.25) is 5.91 Å².